The number of halogens is 4. The zero-order valence-corrected chi connectivity index (χ0v) is 33.7. The normalized spacial score (nSPS) is 25.3. The maximum Gasteiger partial charge on any atom is 0.416 e. The largest absolute Gasteiger partial charge is 0.470 e. The van der Waals surface area contributed by atoms with Gasteiger partial charge in [0.1, 0.15) is 34.8 Å². The second-order valence-corrected chi connectivity index (χ2v) is 18.1. The minimum Gasteiger partial charge on any atom is -0.470 e. The van der Waals surface area contributed by atoms with Gasteiger partial charge in [-0.25, -0.2) is 18.4 Å². The molecule has 324 valence electrons. The van der Waals surface area contributed by atoms with Crippen LogP contribution in [0.5, 0.6) is 5.88 Å². The lowest BCUT2D eigenvalue weighted by molar-refractivity contribution is -0.140. The Morgan fingerprint density at radius 1 is 0.984 bits per heavy atom. The molecule has 15 nitrogen and oxygen atoms in total. The standard InChI is InChI=1S/C42H40F4N8O7S/c43-32-18-19-47-40(49-32)48-29-10-5-3-1-2-4-8-25-21-41(25,39(57)53-62(58,59)27-16-17-27)52-36(55)30-20-26(22-54(30)38(29)56)60-37-34-33(28-9-6-7-11-31(28)61-34)50-35(51-37)23-12-14-24(15-13-23)42(44,45)46/h4,6-9,11-15,18-19,25-27,29-30H,1-3,5,10,16-17,20-22H2,(H,52,55)(H,53,57)(H,47,48,49)/b8-4-/t25-,26-,29+,30+,41-/m1/s1. The molecule has 9 rings (SSSR count). The van der Waals surface area contributed by atoms with E-state index in [0.717, 1.165) is 24.6 Å². The van der Waals surface area contributed by atoms with Gasteiger partial charge >= 0.3 is 6.18 Å². The van der Waals surface area contributed by atoms with Crippen molar-refractivity contribution < 1.29 is 49.5 Å². The van der Waals surface area contributed by atoms with Crippen LogP contribution in [-0.2, 0) is 30.6 Å². The van der Waals surface area contributed by atoms with Crippen molar-refractivity contribution in [2.45, 2.75) is 92.9 Å². The van der Waals surface area contributed by atoms with Crippen molar-refractivity contribution in [2.75, 3.05) is 11.9 Å². The van der Waals surface area contributed by atoms with Crippen LogP contribution in [0.15, 0.2) is 77.4 Å². The molecule has 5 atom stereocenters. The lowest BCUT2D eigenvalue weighted by atomic mass is 10.0. The Balaban J connectivity index is 1.07. The van der Waals surface area contributed by atoms with Crippen LogP contribution >= 0.6 is 0 Å². The van der Waals surface area contributed by atoms with Gasteiger partial charge < -0.3 is 24.7 Å². The summed E-state index contributed by atoms with van der Waals surface area (Å²) in [5, 5.41) is 5.65. The van der Waals surface area contributed by atoms with Gasteiger partial charge in [0.25, 0.3) is 11.8 Å². The number of benzene rings is 2. The van der Waals surface area contributed by atoms with Crippen molar-refractivity contribution >= 4 is 55.8 Å². The summed E-state index contributed by atoms with van der Waals surface area (Å²) in [7, 11) is -3.98. The molecule has 4 aliphatic rings. The molecule has 2 aromatic carbocycles. The maximum absolute atomic E-state index is 14.7. The van der Waals surface area contributed by atoms with Gasteiger partial charge in [0.15, 0.2) is 5.82 Å². The van der Waals surface area contributed by atoms with Gasteiger partial charge in [-0.3, -0.25) is 19.1 Å². The average Bonchev–Trinajstić information content (AvgIpc) is 4.14. The highest BCUT2D eigenvalue weighted by Gasteiger charge is 2.62. The molecule has 1 saturated heterocycles. The summed E-state index contributed by atoms with van der Waals surface area (Å²) in [6, 6.07) is 10.0. The molecule has 5 aromatic rings. The van der Waals surface area contributed by atoms with Gasteiger partial charge in [0.05, 0.1) is 17.4 Å². The number of amides is 3. The minimum absolute atomic E-state index is 0.0238. The van der Waals surface area contributed by atoms with E-state index in [1.54, 1.807) is 30.3 Å². The summed E-state index contributed by atoms with van der Waals surface area (Å²) in [4.78, 5) is 61.5. The number of alkyl halides is 3. The van der Waals surface area contributed by atoms with Crippen LogP contribution in [0.1, 0.15) is 63.4 Å². The second-order valence-electron chi connectivity index (χ2n) is 16.1. The van der Waals surface area contributed by atoms with Crippen LogP contribution in [0.4, 0.5) is 23.5 Å². The van der Waals surface area contributed by atoms with Crippen LogP contribution in [0.2, 0.25) is 0 Å². The van der Waals surface area contributed by atoms with E-state index in [0.29, 0.717) is 48.6 Å². The average molecular weight is 877 g/mol. The molecule has 3 N–H and O–H groups in total. The summed E-state index contributed by atoms with van der Waals surface area (Å²) in [5.41, 5.74) is -1.38. The van der Waals surface area contributed by atoms with E-state index in [-0.39, 0.29) is 54.6 Å². The quantitative estimate of drug-likeness (QED) is 0.0961. The number of nitrogens with zero attached hydrogens (tertiary/aromatic N) is 5. The number of sulfonamides is 1. The van der Waals surface area contributed by atoms with E-state index in [9.17, 15) is 40.4 Å². The molecule has 0 unspecified atom stereocenters. The maximum atomic E-state index is 14.7. The fourth-order valence-corrected chi connectivity index (χ4v) is 9.51. The van der Waals surface area contributed by atoms with E-state index in [4.69, 9.17) is 9.15 Å². The molecular weight excluding hydrogens is 837 g/mol. The number of carbonyl (C=O) groups excluding carboxylic acids is 3. The number of hydrogen-bond donors (Lipinski definition) is 3. The number of anilines is 1. The third kappa shape index (κ3) is 8.26. The molecule has 0 spiro atoms. The number of carbonyl (C=O) groups is 3. The van der Waals surface area contributed by atoms with E-state index in [2.05, 4.69) is 35.3 Å². The number of fused-ring (bicyclic) bond motifs is 5. The number of furan rings is 1. The Kier molecular flexibility index (Phi) is 10.6. The van der Waals surface area contributed by atoms with E-state index in [1.165, 1.54) is 23.2 Å². The number of hydrogen-bond acceptors (Lipinski definition) is 12. The highest BCUT2D eigenvalue weighted by atomic mass is 32.2. The van der Waals surface area contributed by atoms with Crippen LogP contribution in [0, 0.1) is 11.9 Å². The second kappa shape index (κ2) is 15.9. The summed E-state index contributed by atoms with van der Waals surface area (Å²) in [5.74, 6) is -3.74. The molecule has 0 bridgehead atoms. The van der Waals surface area contributed by atoms with E-state index >= 15 is 0 Å². The lowest BCUT2D eigenvalue weighted by Crippen LogP contribution is -2.57. The van der Waals surface area contributed by atoms with Crippen LogP contribution in [0.3, 0.4) is 0 Å². The molecule has 3 aromatic heterocycles. The van der Waals surface area contributed by atoms with E-state index < -0.39 is 80.3 Å². The van der Waals surface area contributed by atoms with Gasteiger partial charge in [0.2, 0.25) is 39.3 Å². The molecule has 2 aliphatic heterocycles. The van der Waals surface area contributed by atoms with Crippen molar-refractivity contribution in [2.24, 2.45) is 5.92 Å². The SMILES string of the molecule is O=C1N[C@]2(C(=O)NS(=O)(=O)C3CC3)C[C@H]2/C=C\CCCCC[C@H](Nc2nccc(F)n2)C(=O)N2C[C@H](Oc3nc(-c4ccc(C(F)(F)F)cc4)nc4c3oc3ccccc34)C[C@@H]12. The number of rotatable bonds is 8. The molecule has 3 amide bonds. The van der Waals surface area contributed by atoms with Crippen LogP contribution in [0.25, 0.3) is 33.5 Å². The third-order valence-corrected chi connectivity index (χ3v) is 13.5. The zero-order chi connectivity index (χ0) is 43.4. The zero-order valence-electron chi connectivity index (χ0n) is 32.9. The van der Waals surface area contributed by atoms with Crippen molar-refractivity contribution in [1.29, 1.82) is 0 Å². The first-order chi connectivity index (χ1) is 29.7. The Labute approximate surface area is 351 Å². The fourth-order valence-electron chi connectivity index (χ4n) is 8.15. The Morgan fingerprint density at radius 2 is 1.77 bits per heavy atom. The molecular formula is C42H40F4N8O7S. The molecule has 20 heteroatoms. The lowest BCUT2D eigenvalue weighted by Gasteiger charge is -2.29. The Morgan fingerprint density at radius 3 is 2.53 bits per heavy atom. The molecule has 2 saturated carbocycles. The first kappa shape index (κ1) is 41.2. The predicted octanol–water partition coefficient (Wildman–Crippen LogP) is 5.82. The number of aromatic nitrogens is 4. The monoisotopic (exact) mass is 876 g/mol. The highest BCUT2D eigenvalue weighted by Crippen LogP contribution is 2.46. The minimum atomic E-state index is -4.57. The van der Waals surface area contributed by atoms with Gasteiger partial charge in [-0.1, -0.05) is 49.3 Å². The molecule has 0 radical (unpaired) electrons. The van der Waals surface area contributed by atoms with Crippen molar-refractivity contribution in [3.63, 3.8) is 0 Å². The van der Waals surface area contributed by atoms with Gasteiger partial charge in [-0.2, -0.15) is 27.5 Å². The fraction of sp³-hybridized carbons (Fsp3) is 0.405. The van der Waals surface area contributed by atoms with Gasteiger partial charge in [-0.05, 0) is 62.8 Å². The Bertz CT molecular complexity index is 2710. The topological polar surface area (TPSA) is 199 Å². The van der Waals surface area contributed by atoms with Crippen molar-refractivity contribution in [3.8, 4) is 17.3 Å². The number of nitrogens with one attached hydrogen (secondary N) is 3. The van der Waals surface area contributed by atoms with Gasteiger partial charge in [-0.15, -0.1) is 0 Å². The summed E-state index contributed by atoms with van der Waals surface area (Å²) in [6.07, 6.45) is 3.07. The first-order valence-corrected chi connectivity index (χ1v) is 21.9. The smallest absolute Gasteiger partial charge is 0.416 e. The highest BCUT2D eigenvalue weighted by molar-refractivity contribution is 7.91. The number of para-hydroxylation sites is 1. The first-order valence-electron chi connectivity index (χ1n) is 20.3. The van der Waals surface area contributed by atoms with Crippen LogP contribution in [-0.4, -0.2) is 86.5 Å². The van der Waals surface area contributed by atoms with Crippen molar-refractivity contribution in [1.82, 2.24) is 34.9 Å². The Hall–Kier alpha value is -6.18. The third-order valence-electron chi connectivity index (χ3n) is 11.7. The van der Waals surface area contributed by atoms with Crippen LogP contribution < -0.4 is 20.1 Å². The molecule has 62 heavy (non-hydrogen) atoms. The van der Waals surface area contributed by atoms with E-state index in [1.807, 2.05) is 6.08 Å². The number of ether oxygens (including phenoxy) is 1. The summed E-state index contributed by atoms with van der Waals surface area (Å²) in [6.45, 7) is -0.195. The predicted molar refractivity (Wildman–Crippen MR) is 215 cm³/mol. The molecule has 5 heterocycles. The van der Waals surface area contributed by atoms with Crippen molar-refractivity contribution in [3.05, 3.63) is 84.5 Å². The van der Waals surface area contributed by atoms with Gasteiger partial charge in [0, 0.05) is 35.6 Å². The molecule has 3 fully saturated rings. The molecule has 2 aliphatic carbocycles. The summed E-state index contributed by atoms with van der Waals surface area (Å²) >= 11 is 0. The summed E-state index contributed by atoms with van der Waals surface area (Å²) < 4.78 is 95.3. The number of allylic oxidation sites excluding steroid dienone is 1.